The maximum atomic E-state index is 6.41. The number of rotatable bonds is 9. The average Bonchev–Trinajstić information content (AvgIpc) is 3.31. The molecule has 0 radical (unpaired) electrons. The molecule has 0 saturated heterocycles. The molecular weight excluding hydrogens is 406 g/mol. The van der Waals surface area contributed by atoms with Crippen molar-refractivity contribution in [2.45, 2.75) is 44.1 Å². The van der Waals surface area contributed by atoms with Crippen molar-refractivity contribution in [2.24, 2.45) is 0 Å². The fraction of sp³-hybridized carbons (Fsp3) is 0.296. The normalized spacial score (nSPS) is 14.5. The summed E-state index contributed by atoms with van der Waals surface area (Å²) in [6, 6.07) is 21.2. The van der Waals surface area contributed by atoms with Gasteiger partial charge in [0.05, 0.1) is 6.10 Å². The van der Waals surface area contributed by atoms with Gasteiger partial charge in [0.2, 0.25) is 0 Å². The summed E-state index contributed by atoms with van der Waals surface area (Å²) in [7, 11) is 0. The lowest BCUT2D eigenvalue weighted by molar-refractivity contribution is 0.198. The first-order chi connectivity index (χ1) is 14.8. The summed E-state index contributed by atoms with van der Waals surface area (Å²) in [5.41, 5.74) is 3.79. The van der Waals surface area contributed by atoms with Gasteiger partial charge in [0.15, 0.2) is 11.5 Å². The SMILES string of the molecule is C=CCOc1ccc([C@H](Cc2ccncc2)c2ccccc2)cc1OC1CCCC1.Cl. The Hall–Kier alpha value is -2.78. The van der Waals surface area contributed by atoms with Crippen LogP contribution < -0.4 is 9.47 Å². The van der Waals surface area contributed by atoms with Crippen LogP contribution in [-0.4, -0.2) is 17.7 Å². The van der Waals surface area contributed by atoms with Crippen LogP contribution >= 0.6 is 12.4 Å². The highest BCUT2D eigenvalue weighted by atomic mass is 35.5. The van der Waals surface area contributed by atoms with Crippen LogP contribution in [0, 0.1) is 0 Å². The quantitative estimate of drug-likeness (QED) is 0.348. The van der Waals surface area contributed by atoms with Crippen molar-refractivity contribution in [1.82, 2.24) is 4.98 Å². The molecular formula is C27H30ClNO2. The molecule has 0 amide bonds. The first kappa shape index (κ1) is 22.9. The Balaban J connectivity index is 0.00000272. The van der Waals surface area contributed by atoms with Gasteiger partial charge in [-0.1, -0.05) is 49.1 Å². The van der Waals surface area contributed by atoms with Gasteiger partial charge in [0, 0.05) is 18.3 Å². The summed E-state index contributed by atoms with van der Waals surface area (Å²) in [6.45, 7) is 4.24. The Labute approximate surface area is 191 Å². The van der Waals surface area contributed by atoms with E-state index in [4.69, 9.17) is 9.47 Å². The lowest BCUT2D eigenvalue weighted by Gasteiger charge is -2.22. The van der Waals surface area contributed by atoms with Crippen molar-refractivity contribution < 1.29 is 9.47 Å². The predicted octanol–water partition coefficient (Wildman–Crippen LogP) is 6.76. The summed E-state index contributed by atoms with van der Waals surface area (Å²) in [6.07, 6.45) is 11.4. The zero-order valence-electron chi connectivity index (χ0n) is 17.8. The summed E-state index contributed by atoms with van der Waals surface area (Å²) >= 11 is 0. The van der Waals surface area contributed by atoms with Crippen molar-refractivity contribution in [3.05, 3.63) is 102 Å². The zero-order valence-corrected chi connectivity index (χ0v) is 18.6. The minimum Gasteiger partial charge on any atom is -0.487 e. The number of nitrogens with zero attached hydrogens (tertiary/aromatic N) is 1. The van der Waals surface area contributed by atoms with Crippen LogP contribution in [0.25, 0.3) is 0 Å². The topological polar surface area (TPSA) is 31.4 Å². The number of ether oxygens (including phenoxy) is 2. The second-order valence-electron chi connectivity index (χ2n) is 7.85. The van der Waals surface area contributed by atoms with Gasteiger partial charge in [-0.3, -0.25) is 4.98 Å². The zero-order chi connectivity index (χ0) is 20.6. The second-order valence-corrected chi connectivity index (χ2v) is 7.85. The van der Waals surface area contributed by atoms with Gasteiger partial charge in [0.1, 0.15) is 6.61 Å². The molecule has 1 saturated carbocycles. The Bertz CT molecular complexity index is 940. The molecule has 1 aliphatic rings. The van der Waals surface area contributed by atoms with Gasteiger partial charge >= 0.3 is 0 Å². The molecule has 0 spiro atoms. The third-order valence-corrected chi connectivity index (χ3v) is 5.71. The maximum Gasteiger partial charge on any atom is 0.161 e. The van der Waals surface area contributed by atoms with Gasteiger partial charge in [-0.25, -0.2) is 0 Å². The number of pyridine rings is 1. The molecule has 3 nitrogen and oxygen atoms in total. The second kappa shape index (κ2) is 11.6. The third-order valence-electron chi connectivity index (χ3n) is 5.71. The van der Waals surface area contributed by atoms with Crippen LogP contribution in [0.5, 0.6) is 11.5 Å². The van der Waals surface area contributed by atoms with Crippen LogP contribution in [0.3, 0.4) is 0 Å². The van der Waals surface area contributed by atoms with Crippen LogP contribution in [0.15, 0.2) is 85.7 Å². The van der Waals surface area contributed by atoms with Gasteiger partial charge in [-0.15, -0.1) is 12.4 Å². The summed E-state index contributed by atoms with van der Waals surface area (Å²) < 4.78 is 12.3. The molecule has 1 aliphatic carbocycles. The van der Waals surface area contributed by atoms with E-state index < -0.39 is 0 Å². The van der Waals surface area contributed by atoms with Crippen molar-refractivity contribution in [1.29, 1.82) is 0 Å². The number of hydrogen-bond donors (Lipinski definition) is 0. The molecule has 1 fully saturated rings. The minimum absolute atomic E-state index is 0. The van der Waals surface area contributed by atoms with Crippen molar-refractivity contribution in [3.63, 3.8) is 0 Å². The van der Waals surface area contributed by atoms with Crippen LogP contribution in [0.1, 0.15) is 48.3 Å². The van der Waals surface area contributed by atoms with Gasteiger partial charge in [0.25, 0.3) is 0 Å². The van der Waals surface area contributed by atoms with Gasteiger partial charge < -0.3 is 9.47 Å². The smallest absolute Gasteiger partial charge is 0.161 e. The molecule has 1 heterocycles. The van der Waals surface area contributed by atoms with E-state index in [1.54, 1.807) is 6.08 Å². The van der Waals surface area contributed by atoms with E-state index in [1.807, 2.05) is 18.5 Å². The standard InChI is InChI=1S/C27H29NO2.ClH/c1-2-18-29-26-13-12-23(20-27(26)30-24-10-6-7-11-24)25(22-8-4-3-5-9-22)19-21-14-16-28-17-15-21;/h2-5,8-9,12-17,20,24-25H,1,6-7,10-11,18-19H2;1H/t25-;/m1./s1. The van der Waals surface area contributed by atoms with Crippen molar-refractivity contribution in [3.8, 4) is 11.5 Å². The van der Waals surface area contributed by atoms with E-state index >= 15 is 0 Å². The Kier molecular flexibility index (Phi) is 8.54. The molecule has 162 valence electrons. The molecule has 0 bridgehead atoms. The fourth-order valence-corrected chi connectivity index (χ4v) is 4.16. The highest BCUT2D eigenvalue weighted by Crippen LogP contribution is 2.37. The first-order valence-electron chi connectivity index (χ1n) is 10.8. The highest BCUT2D eigenvalue weighted by molar-refractivity contribution is 5.85. The Morgan fingerprint density at radius 1 is 0.935 bits per heavy atom. The lowest BCUT2D eigenvalue weighted by Crippen LogP contribution is -2.13. The molecule has 1 atom stereocenters. The molecule has 3 aromatic rings. The van der Waals surface area contributed by atoms with Crippen LogP contribution in [0.4, 0.5) is 0 Å². The third kappa shape index (κ3) is 6.11. The van der Waals surface area contributed by atoms with E-state index in [0.717, 1.165) is 30.8 Å². The summed E-state index contributed by atoms with van der Waals surface area (Å²) in [5, 5.41) is 0. The number of halogens is 1. The van der Waals surface area contributed by atoms with Gasteiger partial charge in [-0.05, 0) is 73.1 Å². The molecule has 1 aromatic heterocycles. The lowest BCUT2D eigenvalue weighted by atomic mass is 9.86. The molecule has 31 heavy (non-hydrogen) atoms. The average molecular weight is 436 g/mol. The Morgan fingerprint density at radius 2 is 1.68 bits per heavy atom. The van der Waals surface area contributed by atoms with Crippen LogP contribution in [0.2, 0.25) is 0 Å². The van der Waals surface area contributed by atoms with E-state index in [9.17, 15) is 0 Å². The van der Waals surface area contributed by atoms with E-state index in [2.05, 4.69) is 66.2 Å². The molecule has 0 unspecified atom stereocenters. The van der Waals surface area contributed by atoms with E-state index in [0.29, 0.717) is 6.61 Å². The van der Waals surface area contributed by atoms with Crippen molar-refractivity contribution >= 4 is 12.4 Å². The molecule has 2 aromatic carbocycles. The van der Waals surface area contributed by atoms with Crippen LogP contribution in [-0.2, 0) is 6.42 Å². The first-order valence-corrected chi connectivity index (χ1v) is 10.8. The summed E-state index contributed by atoms with van der Waals surface area (Å²) in [4.78, 5) is 4.17. The fourth-order valence-electron chi connectivity index (χ4n) is 4.16. The molecule has 4 rings (SSSR count). The summed E-state index contributed by atoms with van der Waals surface area (Å²) in [5.74, 6) is 1.87. The Morgan fingerprint density at radius 3 is 2.39 bits per heavy atom. The molecule has 4 heteroatoms. The number of hydrogen-bond acceptors (Lipinski definition) is 3. The molecule has 0 aliphatic heterocycles. The van der Waals surface area contributed by atoms with E-state index in [-0.39, 0.29) is 24.4 Å². The minimum atomic E-state index is 0. The van der Waals surface area contributed by atoms with Gasteiger partial charge in [-0.2, -0.15) is 0 Å². The monoisotopic (exact) mass is 435 g/mol. The number of aromatic nitrogens is 1. The predicted molar refractivity (Wildman–Crippen MR) is 128 cm³/mol. The largest absolute Gasteiger partial charge is 0.487 e. The number of benzene rings is 2. The van der Waals surface area contributed by atoms with Crippen molar-refractivity contribution in [2.75, 3.05) is 6.61 Å². The molecule has 0 N–H and O–H groups in total. The van der Waals surface area contributed by atoms with E-state index in [1.165, 1.54) is 29.5 Å². The maximum absolute atomic E-state index is 6.41. The highest BCUT2D eigenvalue weighted by Gasteiger charge is 2.21.